The molecule has 22 heavy (non-hydrogen) atoms. The minimum atomic E-state index is -1.52. The molecule has 0 spiro atoms. The summed E-state index contributed by atoms with van der Waals surface area (Å²) >= 11 is 0. The van der Waals surface area contributed by atoms with Gasteiger partial charge < -0.3 is 9.47 Å². The fraction of sp³-hybridized carbons (Fsp3) is 1.00. The summed E-state index contributed by atoms with van der Waals surface area (Å²) in [5, 5.41) is 18.2. The molecule has 0 radical (unpaired) electrons. The highest BCUT2D eigenvalue weighted by Gasteiger charge is 2.42. The molecule has 8 heteroatoms. The summed E-state index contributed by atoms with van der Waals surface area (Å²) in [5.74, 6) is -3.03. The minimum absolute atomic E-state index is 0.155. The zero-order valence-electron chi connectivity index (χ0n) is 14.8. The largest absolute Gasteiger partial charge is 0.379 e. The normalized spacial score (nSPS) is 18.8. The second-order valence-corrected chi connectivity index (χ2v) is 6.90. The Morgan fingerprint density at radius 2 is 0.909 bits per heavy atom. The van der Waals surface area contributed by atoms with Crippen molar-refractivity contribution in [2.45, 2.75) is 77.2 Å². The summed E-state index contributed by atoms with van der Waals surface area (Å²) < 4.78 is 10.5. The fourth-order valence-corrected chi connectivity index (χ4v) is 2.02. The van der Waals surface area contributed by atoms with E-state index in [1.54, 1.807) is 27.7 Å². The Kier molecular flexibility index (Phi) is 7.86. The summed E-state index contributed by atoms with van der Waals surface area (Å²) in [4.78, 5) is 19.1. The van der Waals surface area contributed by atoms with E-state index in [1.807, 2.05) is 0 Å². The van der Waals surface area contributed by atoms with Crippen molar-refractivity contribution < 1.29 is 39.5 Å². The van der Waals surface area contributed by atoms with Gasteiger partial charge in [0.1, 0.15) is 0 Å². The number of methoxy groups -OCH3 is 2. The highest BCUT2D eigenvalue weighted by Crippen LogP contribution is 2.32. The number of hydrogen-bond acceptors (Lipinski definition) is 8. The van der Waals surface area contributed by atoms with Gasteiger partial charge in [-0.25, -0.2) is 20.3 Å². The lowest BCUT2D eigenvalue weighted by Crippen LogP contribution is -2.46. The maximum atomic E-state index is 9.10. The minimum Gasteiger partial charge on any atom is -0.379 e. The second-order valence-electron chi connectivity index (χ2n) is 6.90. The third-order valence-corrected chi connectivity index (χ3v) is 3.38. The first kappa shape index (κ1) is 21.7. The average molecular weight is 326 g/mol. The van der Waals surface area contributed by atoms with Gasteiger partial charge in [-0.3, -0.25) is 0 Å². The molecule has 8 nitrogen and oxygen atoms in total. The van der Waals surface area contributed by atoms with Gasteiger partial charge in [0.25, 0.3) is 0 Å². The van der Waals surface area contributed by atoms with Crippen molar-refractivity contribution >= 4 is 0 Å². The predicted octanol–water partition coefficient (Wildman–Crippen LogP) is 2.98. The molecular formula is C14H30O8. The van der Waals surface area contributed by atoms with Crippen molar-refractivity contribution in [2.24, 2.45) is 0 Å². The first-order valence-electron chi connectivity index (χ1n) is 6.99. The van der Waals surface area contributed by atoms with E-state index in [2.05, 4.69) is 9.78 Å². The first-order valence-corrected chi connectivity index (χ1v) is 6.99. The quantitative estimate of drug-likeness (QED) is 0.340. The van der Waals surface area contributed by atoms with Gasteiger partial charge in [0.2, 0.25) is 11.6 Å². The fourth-order valence-electron chi connectivity index (χ4n) is 2.02. The summed E-state index contributed by atoms with van der Waals surface area (Å²) in [6, 6.07) is 0. The van der Waals surface area contributed by atoms with Crippen LogP contribution in [0.1, 0.15) is 54.4 Å². The molecule has 0 aromatic heterocycles. The SMILES string of the molecule is COC(C)(C)CC(C)(OO)OOC(C)(CC(C)(C)OC)OO. The van der Waals surface area contributed by atoms with Gasteiger partial charge >= 0.3 is 0 Å². The van der Waals surface area contributed by atoms with Crippen LogP contribution in [-0.2, 0) is 29.0 Å². The molecule has 0 bridgehead atoms. The molecule has 0 amide bonds. The molecule has 0 aromatic carbocycles. The maximum Gasteiger partial charge on any atom is 0.233 e. The predicted molar refractivity (Wildman–Crippen MR) is 77.8 cm³/mol. The first-order chi connectivity index (χ1) is 9.86. The Morgan fingerprint density at radius 1 is 0.636 bits per heavy atom. The van der Waals surface area contributed by atoms with Crippen LogP contribution in [0.5, 0.6) is 0 Å². The van der Waals surface area contributed by atoms with E-state index < -0.39 is 22.8 Å². The smallest absolute Gasteiger partial charge is 0.233 e. The topological polar surface area (TPSA) is 95.8 Å². The highest BCUT2D eigenvalue weighted by molar-refractivity contribution is 4.78. The van der Waals surface area contributed by atoms with Crippen molar-refractivity contribution in [1.82, 2.24) is 0 Å². The molecule has 0 aliphatic rings. The molecule has 0 aliphatic carbocycles. The highest BCUT2D eigenvalue weighted by atomic mass is 17.3. The summed E-state index contributed by atoms with van der Waals surface area (Å²) in [6.45, 7) is 10.1. The molecule has 134 valence electrons. The van der Waals surface area contributed by atoms with Crippen LogP contribution >= 0.6 is 0 Å². The van der Waals surface area contributed by atoms with Crippen molar-refractivity contribution in [3.63, 3.8) is 0 Å². The monoisotopic (exact) mass is 326 g/mol. The van der Waals surface area contributed by atoms with Gasteiger partial charge in [0.05, 0.1) is 11.2 Å². The Labute approximate surface area is 132 Å². The van der Waals surface area contributed by atoms with Crippen molar-refractivity contribution in [3.8, 4) is 0 Å². The third kappa shape index (κ3) is 7.30. The van der Waals surface area contributed by atoms with E-state index in [1.165, 1.54) is 28.1 Å². The maximum absolute atomic E-state index is 9.10. The number of rotatable bonds is 11. The van der Waals surface area contributed by atoms with Gasteiger partial charge in [0.15, 0.2) is 0 Å². The lowest BCUT2D eigenvalue weighted by atomic mass is 9.99. The van der Waals surface area contributed by atoms with Crippen LogP contribution in [0.25, 0.3) is 0 Å². The average Bonchev–Trinajstić information content (AvgIpc) is 2.44. The standard InChI is InChI=1S/C14H30O8/c1-11(2,17-7)9-13(5,19-15)21-22-14(6,20-16)10-12(3,4)18-8/h15-16H,9-10H2,1-8H3. The molecule has 0 saturated heterocycles. The van der Waals surface area contributed by atoms with Crippen LogP contribution in [0.2, 0.25) is 0 Å². The number of ether oxygens (including phenoxy) is 2. The van der Waals surface area contributed by atoms with Crippen LogP contribution in [0, 0.1) is 0 Å². The van der Waals surface area contributed by atoms with E-state index in [0.717, 1.165) is 0 Å². The summed E-state index contributed by atoms with van der Waals surface area (Å²) in [6.07, 6.45) is 0.310. The molecule has 2 unspecified atom stereocenters. The molecule has 0 fully saturated rings. The molecule has 0 rings (SSSR count). The molecular weight excluding hydrogens is 296 g/mol. The summed E-state index contributed by atoms with van der Waals surface area (Å²) in [7, 11) is 3.06. The Balaban J connectivity index is 4.89. The van der Waals surface area contributed by atoms with Crippen molar-refractivity contribution in [3.05, 3.63) is 0 Å². The van der Waals surface area contributed by atoms with E-state index in [-0.39, 0.29) is 12.8 Å². The van der Waals surface area contributed by atoms with Gasteiger partial charge in [-0.15, -0.1) is 0 Å². The van der Waals surface area contributed by atoms with Crippen LogP contribution in [0.4, 0.5) is 0 Å². The van der Waals surface area contributed by atoms with Crippen LogP contribution in [-0.4, -0.2) is 47.5 Å². The Hall–Kier alpha value is -0.320. The second kappa shape index (κ2) is 7.98. The van der Waals surface area contributed by atoms with Gasteiger partial charge in [-0.1, -0.05) is 0 Å². The molecule has 0 heterocycles. The third-order valence-electron chi connectivity index (χ3n) is 3.38. The zero-order valence-corrected chi connectivity index (χ0v) is 14.8. The molecule has 2 atom stereocenters. The van der Waals surface area contributed by atoms with Crippen molar-refractivity contribution in [1.29, 1.82) is 0 Å². The molecule has 0 saturated carbocycles. The van der Waals surface area contributed by atoms with Gasteiger partial charge in [0, 0.05) is 27.1 Å². The molecule has 0 aliphatic heterocycles. The van der Waals surface area contributed by atoms with Crippen LogP contribution in [0.3, 0.4) is 0 Å². The Morgan fingerprint density at radius 3 is 1.09 bits per heavy atom. The van der Waals surface area contributed by atoms with Crippen LogP contribution < -0.4 is 0 Å². The number of hydrogen-bond donors (Lipinski definition) is 2. The van der Waals surface area contributed by atoms with E-state index in [9.17, 15) is 0 Å². The lowest BCUT2D eigenvalue weighted by molar-refractivity contribution is -0.571. The molecule has 0 aromatic rings. The molecule has 2 N–H and O–H groups in total. The van der Waals surface area contributed by atoms with E-state index in [0.29, 0.717) is 0 Å². The van der Waals surface area contributed by atoms with E-state index in [4.69, 9.17) is 29.8 Å². The Bertz CT molecular complexity index is 301. The van der Waals surface area contributed by atoms with E-state index >= 15 is 0 Å². The van der Waals surface area contributed by atoms with Crippen LogP contribution in [0.15, 0.2) is 0 Å². The van der Waals surface area contributed by atoms with Gasteiger partial charge in [-0.2, -0.15) is 9.78 Å². The summed E-state index contributed by atoms with van der Waals surface area (Å²) in [5.41, 5.74) is -1.27. The lowest BCUT2D eigenvalue weighted by Gasteiger charge is -2.37. The zero-order chi connectivity index (χ0) is 17.7. The van der Waals surface area contributed by atoms with Gasteiger partial charge in [-0.05, 0) is 41.5 Å². The van der Waals surface area contributed by atoms with Crippen molar-refractivity contribution in [2.75, 3.05) is 14.2 Å².